The second kappa shape index (κ2) is 9.06. The number of ketones is 1. The molecule has 0 aliphatic carbocycles. The van der Waals surface area contributed by atoms with Crippen LogP contribution in [0.25, 0.3) is 0 Å². The third kappa shape index (κ3) is 5.22. The summed E-state index contributed by atoms with van der Waals surface area (Å²) in [6.07, 6.45) is 5.57. The molecule has 2 amide bonds. The van der Waals surface area contributed by atoms with Gasteiger partial charge in [0.25, 0.3) is 0 Å². The molecule has 1 saturated heterocycles. The summed E-state index contributed by atoms with van der Waals surface area (Å²) in [5, 5.41) is 0. The van der Waals surface area contributed by atoms with Gasteiger partial charge in [-0.25, -0.2) is 0 Å². The third-order valence-electron chi connectivity index (χ3n) is 4.66. The van der Waals surface area contributed by atoms with Crippen molar-refractivity contribution in [3.05, 3.63) is 0 Å². The van der Waals surface area contributed by atoms with Crippen molar-refractivity contribution in [2.24, 2.45) is 17.8 Å². The van der Waals surface area contributed by atoms with Crippen LogP contribution in [-0.2, 0) is 14.4 Å². The fourth-order valence-electron chi connectivity index (χ4n) is 3.08. The van der Waals surface area contributed by atoms with Gasteiger partial charge in [0.05, 0.1) is 0 Å². The van der Waals surface area contributed by atoms with Crippen molar-refractivity contribution in [2.45, 2.75) is 72.6 Å². The summed E-state index contributed by atoms with van der Waals surface area (Å²) in [4.78, 5) is 37.3. The topological polar surface area (TPSA) is 54.5 Å². The van der Waals surface area contributed by atoms with Crippen LogP contribution in [0.15, 0.2) is 0 Å². The van der Waals surface area contributed by atoms with Crippen molar-refractivity contribution < 1.29 is 14.4 Å². The number of hydrogen-bond donors (Lipinski definition) is 0. The van der Waals surface area contributed by atoms with Crippen molar-refractivity contribution in [2.75, 3.05) is 6.54 Å². The number of unbranched alkanes of at least 4 members (excludes halogenated alkanes) is 2. The minimum absolute atomic E-state index is 0.0174. The van der Waals surface area contributed by atoms with E-state index in [1.807, 2.05) is 13.8 Å². The highest BCUT2D eigenvalue weighted by Crippen LogP contribution is 2.29. The van der Waals surface area contributed by atoms with E-state index in [0.29, 0.717) is 25.2 Å². The Balaban J connectivity index is 2.32. The molecule has 2 unspecified atom stereocenters. The predicted molar refractivity (Wildman–Crippen MR) is 87.2 cm³/mol. The Morgan fingerprint density at radius 2 is 1.86 bits per heavy atom. The molecule has 2 atom stereocenters. The van der Waals surface area contributed by atoms with Gasteiger partial charge in [-0.1, -0.05) is 47.0 Å². The highest BCUT2D eigenvalue weighted by molar-refractivity contribution is 6.03. The molecule has 0 aromatic heterocycles. The van der Waals surface area contributed by atoms with Gasteiger partial charge in [0.1, 0.15) is 5.78 Å². The van der Waals surface area contributed by atoms with Crippen LogP contribution < -0.4 is 0 Å². The number of likely N-dealkylation sites (tertiary alicyclic amines) is 1. The lowest BCUT2D eigenvalue weighted by Crippen LogP contribution is -2.32. The molecule has 22 heavy (non-hydrogen) atoms. The average molecular weight is 309 g/mol. The van der Waals surface area contributed by atoms with E-state index in [0.717, 1.165) is 32.1 Å². The fourth-order valence-corrected chi connectivity index (χ4v) is 3.08. The number of amides is 2. The second-order valence-corrected chi connectivity index (χ2v) is 6.89. The van der Waals surface area contributed by atoms with Crippen molar-refractivity contribution in [3.63, 3.8) is 0 Å². The lowest BCUT2D eigenvalue weighted by molar-refractivity contribution is -0.140. The SMILES string of the molecule is CCCC(C)C1CC(=O)N(CCCCCC(=O)C(C)C)C1=O. The third-order valence-corrected chi connectivity index (χ3v) is 4.66. The molecule has 1 aliphatic heterocycles. The molecule has 1 heterocycles. The summed E-state index contributed by atoms with van der Waals surface area (Å²) in [7, 11) is 0. The Bertz CT molecular complexity index is 403. The zero-order valence-electron chi connectivity index (χ0n) is 14.6. The number of hydrogen-bond acceptors (Lipinski definition) is 3. The molecule has 1 aliphatic rings. The van der Waals surface area contributed by atoms with Crippen LogP contribution >= 0.6 is 0 Å². The minimum atomic E-state index is -0.116. The Hall–Kier alpha value is -1.19. The highest BCUT2D eigenvalue weighted by Gasteiger charge is 2.40. The summed E-state index contributed by atoms with van der Waals surface area (Å²) in [6, 6.07) is 0. The molecule has 0 radical (unpaired) electrons. The first kappa shape index (κ1) is 18.9. The molecule has 1 fully saturated rings. The zero-order valence-corrected chi connectivity index (χ0v) is 14.6. The summed E-state index contributed by atoms with van der Waals surface area (Å²) < 4.78 is 0. The van der Waals surface area contributed by atoms with Gasteiger partial charge in [0.15, 0.2) is 0 Å². The Morgan fingerprint density at radius 3 is 2.45 bits per heavy atom. The normalized spacial score (nSPS) is 20.0. The van der Waals surface area contributed by atoms with E-state index >= 15 is 0 Å². The lowest BCUT2D eigenvalue weighted by atomic mass is 9.89. The van der Waals surface area contributed by atoms with Crippen LogP contribution in [0, 0.1) is 17.8 Å². The molecule has 0 saturated carbocycles. The minimum Gasteiger partial charge on any atom is -0.299 e. The largest absolute Gasteiger partial charge is 0.299 e. The van der Waals surface area contributed by atoms with Crippen LogP contribution in [0.2, 0.25) is 0 Å². The first-order valence-corrected chi connectivity index (χ1v) is 8.75. The fraction of sp³-hybridized carbons (Fsp3) is 0.833. The number of carbonyl (C=O) groups is 3. The first-order chi connectivity index (χ1) is 10.4. The molecule has 0 N–H and O–H groups in total. The van der Waals surface area contributed by atoms with E-state index in [-0.39, 0.29) is 29.6 Å². The molecule has 4 heteroatoms. The van der Waals surface area contributed by atoms with Gasteiger partial charge < -0.3 is 0 Å². The smallest absolute Gasteiger partial charge is 0.233 e. The van der Waals surface area contributed by atoms with Gasteiger partial charge >= 0.3 is 0 Å². The Labute approximate surface area is 134 Å². The maximum absolute atomic E-state index is 12.3. The van der Waals surface area contributed by atoms with E-state index in [1.165, 1.54) is 4.90 Å². The summed E-state index contributed by atoms with van der Waals surface area (Å²) in [5.41, 5.74) is 0. The van der Waals surface area contributed by atoms with Gasteiger partial charge in [-0.15, -0.1) is 0 Å². The average Bonchev–Trinajstić information content (AvgIpc) is 2.74. The molecule has 126 valence electrons. The molecule has 4 nitrogen and oxygen atoms in total. The number of rotatable bonds is 10. The van der Waals surface area contributed by atoms with Gasteiger partial charge in [0, 0.05) is 31.2 Å². The van der Waals surface area contributed by atoms with E-state index < -0.39 is 0 Å². The van der Waals surface area contributed by atoms with E-state index in [4.69, 9.17) is 0 Å². The van der Waals surface area contributed by atoms with Crippen molar-refractivity contribution in [3.8, 4) is 0 Å². The van der Waals surface area contributed by atoms with E-state index in [2.05, 4.69) is 13.8 Å². The summed E-state index contributed by atoms with van der Waals surface area (Å²) in [5.74, 6) is 0.565. The second-order valence-electron chi connectivity index (χ2n) is 6.89. The lowest BCUT2D eigenvalue weighted by Gasteiger charge is -2.18. The molecular formula is C18H31NO3. The monoisotopic (exact) mass is 309 g/mol. The zero-order chi connectivity index (χ0) is 16.7. The van der Waals surface area contributed by atoms with Gasteiger partial charge in [-0.05, 0) is 18.8 Å². The van der Waals surface area contributed by atoms with E-state index in [9.17, 15) is 14.4 Å². The van der Waals surface area contributed by atoms with Crippen LogP contribution in [0.1, 0.15) is 72.6 Å². The molecule has 0 bridgehead atoms. The standard InChI is InChI=1S/C18H31NO3/c1-5-9-14(4)15-12-17(21)19(18(15)22)11-8-6-7-10-16(20)13(2)3/h13-15H,5-12H2,1-4H3. The maximum atomic E-state index is 12.3. The number of imide groups is 1. The predicted octanol–water partition coefficient (Wildman–Crippen LogP) is 3.58. The summed E-state index contributed by atoms with van der Waals surface area (Å²) >= 11 is 0. The van der Waals surface area contributed by atoms with Crippen LogP contribution in [-0.4, -0.2) is 29.0 Å². The van der Waals surface area contributed by atoms with Crippen LogP contribution in [0.4, 0.5) is 0 Å². The number of nitrogens with zero attached hydrogens (tertiary/aromatic N) is 1. The molecule has 0 aromatic carbocycles. The molecule has 1 rings (SSSR count). The number of Topliss-reactive ketones (excluding diaryl/α,β-unsaturated/α-hetero) is 1. The number of carbonyl (C=O) groups excluding carboxylic acids is 3. The Morgan fingerprint density at radius 1 is 1.18 bits per heavy atom. The van der Waals surface area contributed by atoms with Gasteiger partial charge in [0.2, 0.25) is 11.8 Å². The van der Waals surface area contributed by atoms with Gasteiger partial charge in [-0.2, -0.15) is 0 Å². The maximum Gasteiger partial charge on any atom is 0.233 e. The first-order valence-electron chi connectivity index (χ1n) is 8.75. The van der Waals surface area contributed by atoms with Crippen LogP contribution in [0.5, 0.6) is 0 Å². The van der Waals surface area contributed by atoms with Crippen molar-refractivity contribution in [1.29, 1.82) is 0 Å². The molecule has 0 aromatic rings. The van der Waals surface area contributed by atoms with Gasteiger partial charge in [-0.3, -0.25) is 19.3 Å². The molecular weight excluding hydrogens is 278 g/mol. The van der Waals surface area contributed by atoms with E-state index in [1.54, 1.807) is 0 Å². The Kier molecular flexibility index (Phi) is 7.77. The van der Waals surface area contributed by atoms with Crippen molar-refractivity contribution >= 4 is 17.6 Å². The summed E-state index contributed by atoms with van der Waals surface area (Å²) in [6.45, 7) is 8.53. The molecule has 0 spiro atoms. The quantitative estimate of drug-likeness (QED) is 0.458. The van der Waals surface area contributed by atoms with Crippen molar-refractivity contribution in [1.82, 2.24) is 4.90 Å². The highest BCUT2D eigenvalue weighted by atomic mass is 16.2. The van der Waals surface area contributed by atoms with Crippen LogP contribution in [0.3, 0.4) is 0 Å².